The van der Waals surface area contributed by atoms with E-state index < -0.39 is 5.95 Å². The molecule has 3 nitrogen and oxygen atoms in total. The Morgan fingerprint density at radius 3 is 2.94 bits per heavy atom. The number of rotatable bonds is 2. The second kappa shape index (κ2) is 5.45. The molecule has 0 saturated heterocycles. The van der Waals surface area contributed by atoms with Crippen LogP contribution in [0.4, 0.5) is 4.39 Å². The van der Waals surface area contributed by atoms with Crippen molar-refractivity contribution in [2.75, 3.05) is 0 Å². The third-order valence-corrected chi connectivity index (χ3v) is 3.51. The topological polar surface area (TPSA) is 42.0 Å². The Bertz CT molecular complexity index is 413. The first-order chi connectivity index (χ1) is 8.16. The molecule has 0 spiro atoms. The van der Waals surface area contributed by atoms with Gasteiger partial charge in [0.05, 0.1) is 5.38 Å². The molecular weight excluding hydrogens is 243 g/mol. The van der Waals surface area contributed by atoms with Crippen LogP contribution in [0.2, 0.25) is 0 Å². The number of amides is 1. The van der Waals surface area contributed by atoms with Crippen LogP contribution in [0.25, 0.3) is 0 Å². The summed E-state index contributed by atoms with van der Waals surface area (Å²) in [4.78, 5) is 15.3. The predicted molar refractivity (Wildman–Crippen MR) is 63.6 cm³/mol. The molecule has 2 atom stereocenters. The standard InChI is InChI=1S/C12H14ClFN2O/c13-9-3-1-2-4-10(9)16-12(17)8-5-6-15-11(14)7-8/h5-7,9-10H,1-4H2,(H,16,17)/t9-,10-/m1/s1. The third kappa shape index (κ3) is 3.16. The second-order valence-electron chi connectivity index (χ2n) is 4.25. The van der Waals surface area contributed by atoms with Gasteiger partial charge in [-0.15, -0.1) is 11.6 Å². The quantitative estimate of drug-likeness (QED) is 0.653. The predicted octanol–water partition coefficient (Wildman–Crippen LogP) is 2.50. The van der Waals surface area contributed by atoms with Gasteiger partial charge >= 0.3 is 0 Å². The van der Waals surface area contributed by atoms with Gasteiger partial charge in [-0.05, 0) is 18.9 Å². The van der Waals surface area contributed by atoms with Crippen LogP contribution in [-0.2, 0) is 0 Å². The minimum atomic E-state index is -0.649. The van der Waals surface area contributed by atoms with Gasteiger partial charge in [-0.2, -0.15) is 4.39 Å². The molecule has 1 aliphatic carbocycles. The van der Waals surface area contributed by atoms with Gasteiger partial charge in [0.25, 0.3) is 5.91 Å². The first kappa shape index (κ1) is 12.3. The van der Waals surface area contributed by atoms with Crippen LogP contribution >= 0.6 is 11.6 Å². The molecule has 92 valence electrons. The summed E-state index contributed by atoms with van der Waals surface area (Å²) in [6, 6.07) is 2.60. The van der Waals surface area contributed by atoms with Crippen LogP contribution in [0, 0.1) is 5.95 Å². The van der Waals surface area contributed by atoms with E-state index in [0.717, 1.165) is 31.7 Å². The minimum absolute atomic E-state index is 0.0193. The number of nitrogens with zero attached hydrogens (tertiary/aromatic N) is 1. The Balaban J connectivity index is 2.01. The highest BCUT2D eigenvalue weighted by molar-refractivity contribution is 6.21. The van der Waals surface area contributed by atoms with Crippen molar-refractivity contribution in [1.29, 1.82) is 0 Å². The van der Waals surface area contributed by atoms with Crippen LogP contribution in [0.3, 0.4) is 0 Å². The number of hydrogen-bond donors (Lipinski definition) is 1. The fraction of sp³-hybridized carbons (Fsp3) is 0.500. The summed E-state index contributed by atoms with van der Waals surface area (Å²) in [6.07, 6.45) is 5.25. The lowest BCUT2D eigenvalue weighted by molar-refractivity contribution is 0.0928. The Morgan fingerprint density at radius 2 is 2.24 bits per heavy atom. The van der Waals surface area contributed by atoms with Gasteiger partial charge in [0, 0.05) is 23.9 Å². The van der Waals surface area contributed by atoms with E-state index in [0.29, 0.717) is 0 Å². The number of carbonyl (C=O) groups excluding carboxylic acids is 1. The molecule has 1 heterocycles. The number of carbonyl (C=O) groups is 1. The van der Waals surface area contributed by atoms with E-state index in [1.165, 1.54) is 12.3 Å². The summed E-state index contributed by atoms with van der Waals surface area (Å²) in [6.45, 7) is 0. The zero-order valence-electron chi connectivity index (χ0n) is 9.33. The first-order valence-electron chi connectivity index (χ1n) is 5.73. The van der Waals surface area contributed by atoms with E-state index in [1.54, 1.807) is 0 Å². The monoisotopic (exact) mass is 256 g/mol. The average Bonchev–Trinajstić information content (AvgIpc) is 2.32. The molecule has 1 fully saturated rings. The van der Waals surface area contributed by atoms with Crippen molar-refractivity contribution in [3.8, 4) is 0 Å². The highest BCUT2D eigenvalue weighted by Gasteiger charge is 2.24. The molecule has 0 aromatic carbocycles. The summed E-state index contributed by atoms with van der Waals surface area (Å²) < 4.78 is 12.9. The van der Waals surface area contributed by atoms with Gasteiger partial charge in [-0.3, -0.25) is 4.79 Å². The minimum Gasteiger partial charge on any atom is -0.348 e. The maximum atomic E-state index is 12.9. The lowest BCUT2D eigenvalue weighted by atomic mass is 9.94. The van der Waals surface area contributed by atoms with Crippen molar-refractivity contribution in [3.05, 3.63) is 29.8 Å². The van der Waals surface area contributed by atoms with Gasteiger partial charge < -0.3 is 5.32 Å². The SMILES string of the molecule is O=C(N[C@@H]1CCCC[C@H]1Cl)c1ccnc(F)c1. The number of halogens is 2. The fourth-order valence-electron chi connectivity index (χ4n) is 2.04. The molecule has 2 rings (SSSR count). The number of alkyl halides is 1. The van der Waals surface area contributed by atoms with Gasteiger partial charge in [-0.1, -0.05) is 12.8 Å². The average molecular weight is 257 g/mol. The van der Waals surface area contributed by atoms with E-state index in [2.05, 4.69) is 10.3 Å². The highest BCUT2D eigenvalue weighted by atomic mass is 35.5. The molecule has 0 unspecified atom stereocenters. The van der Waals surface area contributed by atoms with Crippen molar-refractivity contribution in [2.45, 2.75) is 37.1 Å². The molecule has 17 heavy (non-hydrogen) atoms. The molecule has 1 aromatic heterocycles. The lowest BCUT2D eigenvalue weighted by Crippen LogP contribution is -2.42. The Kier molecular flexibility index (Phi) is 3.94. The van der Waals surface area contributed by atoms with Gasteiger partial charge in [0.2, 0.25) is 5.95 Å². The number of pyridine rings is 1. The largest absolute Gasteiger partial charge is 0.348 e. The van der Waals surface area contributed by atoms with Gasteiger partial charge in [0.1, 0.15) is 0 Å². The Hall–Kier alpha value is -1.16. The molecule has 0 aliphatic heterocycles. The number of hydrogen-bond acceptors (Lipinski definition) is 2. The maximum absolute atomic E-state index is 12.9. The summed E-state index contributed by atoms with van der Waals surface area (Å²) in [7, 11) is 0. The van der Waals surface area contributed by atoms with Crippen molar-refractivity contribution in [3.63, 3.8) is 0 Å². The summed E-state index contributed by atoms with van der Waals surface area (Å²) >= 11 is 6.14. The summed E-state index contributed by atoms with van der Waals surface area (Å²) in [5.41, 5.74) is 0.284. The molecule has 0 radical (unpaired) electrons. The number of aromatic nitrogens is 1. The van der Waals surface area contributed by atoms with E-state index in [9.17, 15) is 9.18 Å². The third-order valence-electron chi connectivity index (χ3n) is 2.99. The fourth-order valence-corrected chi connectivity index (χ4v) is 2.39. The zero-order chi connectivity index (χ0) is 12.3. The first-order valence-corrected chi connectivity index (χ1v) is 6.17. The molecule has 1 aliphatic rings. The van der Waals surface area contributed by atoms with Crippen LogP contribution in [0.5, 0.6) is 0 Å². The van der Waals surface area contributed by atoms with Gasteiger partial charge in [0.15, 0.2) is 0 Å². The second-order valence-corrected chi connectivity index (χ2v) is 4.81. The van der Waals surface area contributed by atoms with Crippen LogP contribution in [-0.4, -0.2) is 22.3 Å². The summed E-state index contributed by atoms with van der Waals surface area (Å²) in [5.74, 6) is -0.937. The van der Waals surface area contributed by atoms with Crippen molar-refractivity contribution >= 4 is 17.5 Å². The molecule has 1 amide bonds. The van der Waals surface area contributed by atoms with E-state index >= 15 is 0 Å². The maximum Gasteiger partial charge on any atom is 0.251 e. The van der Waals surface area contributed by atoms with Crippen molar-refractivity contribution in [2.24, 2.45) is 0 Å². The Labute approximate surface area is 104 Å². The summed E-state index contributed by atoms with van der Waals surface area (Å²) in [5, 5.41) is 2.82. The molecule has 0 bridgehead atoms. The van der Waals surface area contributed by atoms with E-state index in [1.807, 2.05) is 0 Å². The normalized spacial score (nSPS) is 24.4. The molecule has 1 N–H and O–H groups in total. The zero-order valence-corrected chi connectivity index (χ0v) is 10.1. The van der Waals surface area contributed by atoms with E-state index in [-0.39, 0.29) is 22.9 Å². The van der Waals surface area contributed by atoms with Gasteiger partial charge in [-0.25, -0.2) is 4.98 Å². The molecular formula is C12H14ClFN2O. The Morgan fingerprint density at radius 1 is 1.47 bits per heavy atom. The smallest absolute Gasteiger partial charge is 0.251 e. The molecule has 5 heteroatoms. The molecule has 1 saturated carbocycles. The highest BCUT2D eigenvalue weighted by Crippen LogP contribution is 2.23. The van der Waals surface area contributed by atoms with Crippen molar-refractivity contribution in [1.82, 2.24) is 10.3 Å². The molecule has 1 aromatic rings. The van der Waals surface area contributed by atoms with E-state index in [4.69, 9.17) is 11.6 Å². The van der Waals surface area contributed by atoms with Crippen LogP contribution in [0.15, 0.2) is 18.3 Å². The lowest BCUT2D eigenvalue weighted by Gasteiger charge is -2.27. The number of nitrogens with one attached hydrogen (secondary N) is 1. The van der Waals surface area contributed by atoms with Crippen molar-refractivity contribution < 1.29 is 9.18 Å². The van der Waals surface area contributed by atoms with Crippen LogP contribution in [0.1, 0.15) is 36.0 Å². The van der Waals surface area contributed by atoms with Crippen LogP contribution < -0.4 is 5.32 Å².